The van der Waals surface area contributed by atoms with Gasteiger partial charge in [0.2, 0.25) is 5.78 Å². The van der Waals surface area contributed by atoms with Crippen LogP contribution in [0.25, 0.3) is 0 Å². The molecule has 1 fully saturated rings. The van der Waals surface area contributed by atoms with E-state index in [4.69, 9.17) is 25.8 Å². The summed E-state index contributed by atoms with van der Waals surface area (Å²) in [5.74, 6) is 0.579. The molecule has 23 heavy (non-hydrogen) atoms. The van der Waals surface area contributed by atoms with E-state index in [-0.39, 0.29) is 28.4 Å². The van der Waals surface area contributed by atoms with E-state index in [0.29, 0.717) is 35.7 Å². The Morgan fingerprint density at radius 2 is 1.70 bits per heavy atom. The van der Waals surface area contributed by atoms with Gasteiger partial charge in [0.25, 0.3) is 0 Å². The minimum atomic E-state index is -1.07. The molecule has 1 aromatic carbocycles. The van der Waals surface area contributed by atoms with E-state index in [9.17, 15) is 9.59 Å². The van der Waals surface area contributed by atoms with Crippen LogP contribution >= 0.6 is 11.6 Å². The van der Waals surface area contributed by atoms with Crippen LogP contribution in [0.2, 0.25) is 5.02 Å². The molecule has 0 saturated heterocycles. The number of benzene rings is 1. The molecule has 3 rings (SSSR count). The second-order valence-corrected chi connectivity index (χ2v) is 6.65. The van der Waals surface area contributed by atoms with Gasteiger partial charge in [0.1, 0.15) is 27.9 Å². The lowest BCUT2D eigenvalue weighted by molar-refractivity contribution is -0.129. The number of fused-ring (bicyclic) bond motifs is 1. The zero-order valence-electron chi connectivity index (χ0n) is 13.6. The average Bonchev–Trinajstić information content (AvgIpc) is 2.82. The fraction of sp³-hybridized carbons (Fsp3) is 0.529. The maximum Gasteiger partial charge on any atom is 0.214 e. The topological polar surface area (TPSA) is 61.8 Å². The molecule has 2 aliphatic rings. The van der Waals surface area contributed by atoms with Crippen molar-refractivity contribution < 1.29 is 23.8 Å². The molecule has 0 aromatic heterocycles. The number of methoxy groups -OCH3 is 2. The molecule has 6 heteroatoms. The Balaban J connectivity index is 2.19. The van der Waals surface area contributed by atoms with Crippen molar-refractivity contribution in [1.29, 1.82) is 0 Å². The van der Waals surface area contributed by atoms with Gasteiger partial charge in [0.05, 0.1) is 14.2 Å². The molecule has 124 valence electrons. The summed E-state index contributed by atoms with van der Waals surface area (Å²) in [5.41, 5.74) is -0.731. The minimum absolute atomic E-state index is 0.152. The van der Waals surface area contributed by atoms with Crippen molar-refractivity contribution in [2.24, 2.45) is 11.8 Å². The van der Waals surface area contributed by atoms with E-state index in [2.05, 4.69) is 0 Å². The number of rotatable bonds is 2. The zero-order valence-corrected chi connectivity index (χ0v) is 14.3. The molecule has 5 nitrogen and oxygen atoms in total. The van der Waals surface area contributed by atoms with E-state index in [1.165, 1.54) is 14.2 Å². The molecule has 3 atom stereocenters. The molecule has 1 aliphatic carbocycles. The summed E-state index contributed by atoms with van der Waals surface area (Å²) in [4.78, 5) is 25.1. The molecule has 1 saturated carbocycles. The Morgan fingerprint density at radius 1 is 1.13 bits per heavy atom. The molecule has 1 aliphatic heterocycles. The van der Waals surface area contributed by atoms with Gasteiger partial charge in [0.15, 0.2) is 11.4 Å². The monoisotopic (exact) mass is 338 g/mol. The van der Waals surface area contributed by atoms with Crippen LogP contribution in [0.5, 0.6) is 17.2 Å². The van der Waals surface area contributed by atoms with Crippen molar-refractivity contribution >= 4 is 23.2 Å². The van der Waals surface area contributed by atoms with Crippen LogP contribution in [0, 0.1) is 11.8 Å². The second kappa shape index (κ2) is 5.41. The highest BCUT2D eigenvalue weighted by molar-refractivity contribution is 6.35. The summed E-state index contributed by atoms with van der Waals surface area (Å²) in [6, 6.07) is 1.59. The third-order valence-corrected chi connectivity index (χ3v) is 5.33. The number of hydrogen-bond donors (Lipinski definition) is 0. The lowest BCUT2D eigenvalue weighted by atomic mass is 9.67. The maximum absolute atomic E-state index is 13.2. The SMILES string of the molecule is COc1cc(OC)c2c(c1Cl)OC1(C2=O)[C@H](C)CC(=O)C[C@@H]1C. The molecule has 0 N–H and O–H groups in total. The highest BCUT2D eigenvalue weighted by atomic mass is 35.5. The van der Waals surface area contributed by atoms with Crippen molar-refractivity contribution in [2.75, 3.05) is 14.2 Å². The van der Waals surface area contributed by atoms with Gasteiger partial charge in [-0.05, 0) is 0 Å². The fourth-order valence-corrected chi connectivity index (χ4v) is 4.09. The predicted octanol–water partition coefficient (Wildman–Crippen LogP) is 3.31. The van der Waals surface area contributed by atoms with Crippen molar-refractivity contribution in [1.82, 2.24) is 0 Å². The standard InChI is InChI=1S/C17H19ClO5/c1-8-5-10(19)6-9(2)17(8)16(20)13-11(21-3)7-12(22-4)14(18)15(13)23-17/h7-9H,5-6H2,1-4H3/t8-,9+,17?. The second-order valence-electron chi connectivity index (χ2n) is 6.27. The Morgan fingerprint density at radius 3 is 2.22 bits per heavy atom. The van der Waals surface area contributed by atoms with Crippen LogP contribution in [0.1, 0.15) is 37.0 Å². The summed E-state index contributed by atoms with van der Waals surface area (Å²) in [7, 11) is 2.97. The summed E-state index contributed by atoms with van der Waals surface area (Å²) < 4.78 is 16.7. The molecule has 0 amide bonds. The fourth-order valence-electron chi connectivity index (χ4n) is 3.82. The molecule has 1 aromatic rings. The van der Waals surface area contributed by atoms with E-state index >= 15 is 0 Å². The number of Topliss-reactive ketones (excluding diaryl/α,β-unsaturated/α-hetero) is 2. The number of ketones is 2. The van der Waals surface area contributed by atoms with Gasteiger partial charge in [-0.1, -0.05) is 25.4 Å². The summed E-state index contributed by atoms with van der Waals surface area (Å²) in [6.45, 7) is 3.74. The molecule has 0 bridgehead atoms. The first-order valence-corrected chi connectivity index (χ1v) is 7.94. The van der Waals surface area contributed by atoms with Crippen LogP contribution in [0.4, 0.5) is 0 Å². The highest BCUT2D eigenvalue weighted by Crippen LogP contribution is 2.55. The van der Waals surface area contributed by atoms with E-state index < -0.39 is 5.60 Å². The molecule has 1 heterocycles. The van der Waals surface area contributed by atoms with Gasteiger partial charge in [-0.15, -0.1) is 0 Å². The molecule has 1 unspecified atom stereocenters. The van der Waals surface area contributed by atoms with Crippen LogP contribution in [0.15, 0.2) is 6.07 Å². The Bertz CT molecular complexity index is 683. The van der Waals surface area contributed by atoms with Crippen molar-refractivity contribution in [3.8, 4) is 17.2 Å². The first-order chi connectivity index (χ1) is 10.9. The van der Waals surface area contributed by atoms with Crippen LogP contribution in [0.3, 0.4) is 0 Å². The summed E-state index contributed by atoms with van der Waals surface area (Å²) >= 11 is 6.35. The van der Waals surface area contributed by atoms with E-state index in [0.717, 1.165) is 0 Å². The number of carbonyl (C=O) groups excluding carboxylic acids is 2. The third kappa shape index (κ3) is 2.06. The summed E-state index contributed by atoms with van der Waals surface area (Å²) in [6.07, 6.45) is 0.641. The highest BCUT2D eigenvalue weighted by Gasteiger charge is 2.59. The number of halogens is 1. The molecule has 1 spiro atoms. The Labute approximate surface area is 139 Å². The van der Waals surface area contributed by atoms with Gasteiger partial charge < -0.3 is 14.2 Å². The molecular formula is C17H19ClO5. The number of ether oxygens (including phenoxy) is 3. The van der Waals surface area contributed by atoms with Crippen LogP contribution in [-0.2, 0) is 4.79 Å². The van der Waals surface area contributed by atoms with Gasteiger partial charge in [-0.25, -0.2) is 0 Å². The van der Waals surface area contributed by atoms with Gasteiger partial charge in [-0.3, -0.25) is 9.59 Å². The maximum atomic E-state index is 13.2. The zero-order chi connectivity index (χ0) is 16.9. The largest absolute Gasteiger partial charge is 0.496 e. The van der Waals surface area contributed by atoms with Crippen molar-refractivity contribution in [3.05, 3.63) is 16.7 Å². The first kappa shape index (κ1) is 16.1. The van der Waals surface area contributed by atoms with Crippen LogP contribution in [-0.4, -0.2) is 31.4 Å². The van der Waals surface area contributed by atoms with Crippen molar-refractivity contribution in [3.63, 3.8) is 0 Å². The number of hydrogen-bond acceptors (Lipinski definition) is 5. The molecular weight excluding hydrogens is 320 g/mol. The lowest BCUT2D eigenvalue weighted by Crippen LogP contribution is -2.55. The Kier molecular flexibility index (Phi) is 3.79. The van der Waals surface area contributed by atoms with Gasteiger partial charge in [-0.2, -0.15) is 0 Å². The predicted molar refractivity (Wildman–Crippen MR) is 84.8 cm³/mol. The minimum Gasteiger partial charge on any atom is -0.496 e. The first-order valence-electron chi connectivity index (χ1n) is 7.56. The average molecular weight is 339 g/mol. The van der Waals surface area contributed by atoms with Crippen molar-refractivity contribution in [2.45, 2.75) is 32.3 Å². The third-order valence-electron chi connectivity index (χ3n) is 4.98. The number of carbonyl (C=O) groups is 2. The smallest absolute Gasteiger partial charge is 0.214 e. The molecule has 0 radical (unpaired) electrons. The van der Waals surface area contributed by atoms with Gasteiger partial charge in [0, 0.05) is 30.7 Å². The van der Waals surface area contributed by atoms with E-state index in [1.54, 1.807) is 6.07 Å². The lowest BCUT2D eigenvalue weighted by Gasteiger charge is -2.41. The van der Waals surface area contributed by atoms with Crippen LogP contribution < -0.4 is 14.2 Å². The summed E-state index contributed by atoms with van der Waals surface area (Å²) in [5, 5.41) is 0.254. The van der Waals surface area contributed by atoms with Gasteiger partial charge >= 0.3 is 0 Å². The normalized spacial score (nSPS) is 29.4. The Hall–Kier alpha value is -1.75. The quantitative estimate of drug-likeness (QED) is 0.828. The van der Waals surface area contributed by atoms with E-state index in [1.807, 2.05) is 13.8 Å².